The monoisotopic (exact) mass is 157 g/mol. The predicted molar refractivity (Wildman–Crippen MR) is 32.6 cm³/mol. The zero-order valence-corrected chi connectivity index (χ0v) is 5.69. The fraction of sp³-hybridized carbons (Fsp3) is 0.667. The lowest BCUT2D eigenvalue weighted by Crippen LogP contribution is -2.28. The molecule has 1 amide bonds. The molecule has 1 N–H and O–H groups in total. The van der Waals surface area contributed by atoms with E-state index >= 15 is 0 Å². The van der Waals surface area contributed by atoms with Crippen LogP contribution in [0.2, 0.25) is 0 Å². The van der Waals surface area contributed by atoms with Crippen LogP contribution < -0.4 is 0 Å². The van der Waals surface area contributed by atoms with Gasteiger partial charge in [-0.2, -0.15) is 0 Å². The second-order valence-electron chi connectivity index (χ2n) is 2.74. The van der Waals surface area contributed by atoms with Crippen LogP contribution in [0.4, 0.5) is 4.79 Å². The maximum atomic E-state index is 10.8. The van der Waals surface area contributed by atoms with Gasteiger partial charge < -0.3 is 9.84 Å². The van der Waals surface area contributed by atoms with Crippen molar-refractivity contribution in [2.45, 2.75) is 18.6 Å². The first-order valence-electron chi connectivity index (χ1n) is 3.39. The number of esters is 1. The van der Waals surface area contributed by atoms with Gasteiger partial charge in [0.15, 0.2) is 0 Å². The number of aliphatic hydroxyl groups excluding tert-OH is 1. The summed E-state index contributed by atoms with van der Waals surface area (Å²) in [5.41, 5.74) is 0. The molecule has 0 aliphatic carbocycles. The lowest BCUT2D eigenvalue weighted by Gasteiger charge is -2.06. The highest BCUT2D eigenvalue weighted by molar-refractivity contribution is 5.96. The smallest absolute Gasteiger partial charge is 0.391 e. The Kier molecular flexibility index (Phi) is 1.17. The van der Waals surface area contributed by atoms with E-state index in [1.807, 2.05) is 0 Å². The molecule has 2 aliphatic heterocycles. The summed E-state index contributed by atoms with van der Waals surface area (Å²) in [7, 11) is 0. The van der Waals surface area contributed by atoms with E-state index < -0.39 is 24.2 Å². The molecule has 0 unspecified atom stereocenters. The van der Waals surface area contributed by atoms with Crippen LogP contribution in [0.3, 0.4) is 0 Å². The number of amides is 1. The van der Waals surface area contributed by atoms with Gasteiger partial charge in [-0.25, -0.2) is 9.59 Å². The molecule has 5 heteroatoms. The van der Waals surface area contributed by atoms with E-state index in [4.69, 9.17) is 5.11 Å². The average Bonchev–Trinajstić information content (AvgIpc) is 2.38. The van der Waals surface area contributed by atoms with E-state index in [0.717, 1.165) is 0 Å². The molecule has 5 nitrogen and oxygen atoms in total. The fourth-order valence-electron chi connectivity index (χ4n) is 1.45. The van der Waals surface area contributed by atoms with E-state index in [1.54, 1.807) is 0 Å². The number of rotatable bonds is 0. The molecule has 0 aromatic carbocycles. The molecular formula is C6H7NO4. The molecule has 0 spiro atoms. The Labute approximate surface area is 62.5 Å². The number of hydrogen-bond donors (Lipinski definition) is 1. The van der Waals surface area contributed by atoms with Crippen LogP contribution in [0.15, 0.2) is 0 Å². The summed E-state index contributed by atoms with van der Waals surface area (Å²) in [5.74, 6) is -0.536. The summed E-state index contributed by atoms with van der Waals surface area (Å²) < 4.78 is 4.31. The van der Waals surface area contributed by atoms with Crippen molar-refractivity contribution in [2.75, 3.05) is 6.54 Å². The molecule has 2 fully saturated rings. The summed E-state index contributed by atoms with van der Waals surface area (Å²) in [4.78, 5) is 22.9. The lowest BCUT2D eigenvalue weighted by molar-refractivity contribution is -0.135. The summed E-state index contributed by atoms with van der Waals surface area (Å²) in [6.45, 7) is 0.218. The molecule has 2 rings (SSSR count). The van der Waals surface area contributed by atoms with Gasteiger partial charge in [0.25, 0.3) is 0 Å². The van der Waals surface area contributed by atoms with Crippen LogP contribution in [0.1, 0.15) is 6.42 Å². The number of fused-ring (bicyclic) bond motifs is 1. The van der Waals surface area contributed by atoms with Gasteiger partial charge in [0, 0.05) is 6.42 Å². The average molecular weight is 157 g/mol. The minimum absolute atomic E-state index is 0.218. The van der Waals surface area contributed by atoms with Crippen molar-refractivity contribution in [2.24, 2.45) is 0 Å². The summed E-state index contributed by atoms with van der Waals surface area (Å²) >= 11 is 0. The van der Waals surface area contributed by atoms with Crippen molar-refractivity contribution in [3.63, 3.8) is 0 Å². The van der Waals surface area contributed by atoms with E-state index in [9.17, 15) is 9.59 Å². The minimum Gasteiger partial charge on any atom is -0.391 e. The molecule has 2 aliphatic rings. The Morgan fingerprint density at radius 3 is 2.91 bits per heavy atom. The third-order valence-electron chi connectivity index (χ3n) is 1.97. The topological polar surface area (TPSA) is 66.8 Å². The number of nitrogens with zero attached hydrogens (tertiary/aromatic N) is 1. The number of carbonyl (C=O) groups is 2. The Bertz CT molecular complexity index is 205. The van der Waals surface area contributed by atoms with Crippen LogP contribution in [0, 0.1) is 0 Å². The van der Waals surface area contributed by atoms with Crippen LogP contribution in [0.5, 0.6) is 0 Å². The Morgan fingerprint density at radius 2 is 2.27 bits per heavy atom. The second-order valence-corrected chi connectivity index (χ2v) is 2.74. The number of hydrogen-bond acceptors (Lipinski definition) is 4. The van der Waals surface area contributed by atoms with Gasteiger partial charge in [-0.3, -0.25) is 4.90 Å². The molecular weight excluding hydrogens is 150 g/mol. The van der Waals surface area contributed by atoms with Crippen molar-refractivity contribution < 1.29 is 19.4 Å². The van der Waals surface area contributed by atoms with Crippen LogP contribution in [-0.4, -0.2) is 40.8 Å². The van der Waals surface area contributed by atoms with Crippen LogP contribution in [-0.2, 0) is 9.53 Å². The van der Waals surface area contributed by atoms with E-state index in [1.165, 1.54) is 4.90 Å². The van der Waals surface area contributed by atoms with Gasteiger partial charge in [0.2, 0.25) is 0 Å². The first-order chi connectivity index (χ1) is 5.18. The molecule has 11 heavy (non-hydrogen) atoms. The van der Waals surface area contributed by atoms with Gasteiger partial charge >= 0.3 is 12.1 Å². The first-order valence-corrected chi connectivity index (χ1v) is 3.39. The molecule has 2 heterocycles. The molecule has 0 aromatic heterocycles. The van der Waals surface area contributed by atoms with Crippen molar-refractivity contribution in [1.82, 2.24) is 4.90 Å². The number of carbonyl (C=O) groups excluding carboxylic acids is 2. The first kappa shape index (κ1) is 6.60. The predicted octanol–water partition coefficient (Wildman–Crippen LogP) is -0.902. The summed E-state index contributed by atoms with van der Waals surface area (Å²) in [6.07, 6.45) is -0.891. The molecule has 0 saturated carbocycles. The molecule has 0 aromatic rings. The standard InChI is InChI=1S/C6H7NO4/c8-3-1-4-5(9)11-6(10)7(4)2-3/h3-4,8H,1-2H2/t3-,4-/m1/s1. The number of cyclic esters (lactones) is 2. The number of ether oxygens (including phenoxy) is 1. The fourth-order valence-corrected chi connectivity index (χ4v) is 1.45. The Hall–Kier alpha value is -1.10. The van der Waals surface area contributed by atoms with Gasteiger partial charge in [0.05, 0.1) is 12.6 Å². The zero-order valence-electron chi connectivity index (χ0n) is 5.69. The highest BCUT2D eigenvalue weighted by Gasteiger charge is 2.47. The van der Waals surface area contributed by atoms with Gasteiger partial charge in [-0.15, -0.1) is 0 Å². The quantitative estimate of drug-likeness (QED) is 0.365. The largest absolute Gasteiger partial charge is 0.418 e. The van der Waals surface area contributed by atoms with Gasteiger partial charge in [0.1, 0.15) is 6.04 Å². The highest BCUT2D eigenvalue weighted by atomic mass is 16.6. The molecule has 60 valence electrons. The SMILES string of the molecule is O=C1OC(=O)N2C[C@H](O)C[C@H]12. The second kappa shape index (κ2) is 1.94. The van der Waals surface area contributed by atoms with Crippen molar-refractivity contribution in [1.29, 1.82) is 0 Å². The number of aliphatic hydroxyl groups is 1. The molecule has 0 bridgehead atoms. The maximum Gasteiger partial charge on any atom is 0.418 e. The van der Waals surface area contributed by atoms with E-state index in [-0.39, 0.29) is 6.54 Å². The molecule has 2 atom stereocenters. The van der Waals surface area contributed by atoms with Gasteiger partial charge in [-0.1, -0.05) is 0 Å². The lowest BCUT2D eigenvalue weighted by atomic mass is 10.2. The minimum atomic E-state index is -0.628. The van der Waals surface area contributed by atoms with Crippen molar-refractivity contribution in [3.8, 4) is 0 Å². The van der Waals surface area contributed by atoms with Gasteiger partial charge in [-0.05, 0) is 0 Å². The van der Waals surface area contributed by atoms with Crippen LogP contribution in [0.25, 0.3) is 0 Å². The third kappa shape index (κ3) is 0.808. The molecule has 0 radical (unpaired) electrons. The van der Waals surface area contributed by atoms with E-state index in [0.29, 0.717) is 6.42 Å². The van der Waals surface area contributed by atoms with Crippen molar-refractivity contribution in [3.05, 3.63) is 0 Å². The normalized spacial score (nSPS) is 35.9. The molecule has 2 saturated heterocycles. The van der Waals surface area contributed by atoms with E-state index in [2.05, 4.69) is 4.74 Å². The summed E-state index contributed by atoms with van der Waals surface area (Å²) in [6, 6.07) is -0.530. The third-order valence-corrected chi connectivity index (χ3v) is 1.97. The van der Waals surface area contributed by atoms with Crippen LogP contribution >= 0.6 is 0 Å². The summed E-state index contributed by atoms with van der Waals surface area (Å²) in [5, 5.41) is 9.07. The highest BCUT2D eigenvalue weighted by Crippen LogP contribution is 2.24. The Morgan fingerprint density at radius 1 is 1.55 bits per heavy atom. The van der Waals surface area contributed by atoms with Crippen molar-refractivity contribution >= 4 is 12.1 Å². The Balaban J connectivity index is 2.23. The maximum absolute atomic E-state index is 10.8. The zero-order chi connectivity index (χ0) is 8.01.